The van der Waals surface area contributed by atoms with Crippen molar-refractivity contribution >= 4 is 39.0 Å². The summed E-state index contributed by atoms with van der Waals surface area (Å²) in [6, 6.07) is 6.56. The number of rotatable bonds is 7. The van der Waals surface area contributed by atoms with Crippen molar-refractivity contribution in [2.24, 2.45) is 5.14 Å². The Labute approximate surface area is 177 Å². The number of primary sulfonamides is 1. The van der Waals surface area contributed by atoms with Gasteiger partial charge in [-0.2, -0.15) is 0 Å². The van der Waals surface area contributed by atoms with E-state index in [1.807, 2.05) is 0 Å². The van der Waals surface area contributed by atoms with Crippen molar-refractivity contribution in [1.29, 1.82) is 0 Å². The standard InChI is InChI=1S/C19H19N3O8S/c1-28-13-8-12-15(18(30-3)17(13)29-2)16(24)19(25)22(12)9-14(23)21-10-4-6-11(7-5-10)31(20,26)27/h4-8H,9H2,1-3H3,(H,21,23)(H2,20,26,27). The highest BCUT2D eigenvalue weighted by atomic mass is 32.2. The highest BCUT2D eigenvalue weighted by Crippen LogP contribution is 2.47. The molecule has 12 heteroatoms. The Morgan fingerprint density at radius 1 is 1.03 bits per heavy atom. The maximum atomic E-state index is 12.6. The van der Waals surface area contributed by atoms with Gasteiger partial charge < -0.3 is 19.5 Å². The number of amides is 2. The molecule has 1 heterocycles. The number of fused-ring (bicyclic) bond motifs is 1. The quantitative estimate of drug-likeness (QED) is 0.580. The van der Waals surface area contributed by atoms with Crippen molar-refractivity contribution in [3.8, 4) is 17.2 Å². The van der Waals surface area contributed by atoms with Crippen LogP contribution in [0.25, 0.3) is 0 Å². The molecular weight excluding hydrogens is 430 g/mol. The Kier molecular flexibility index (Phi) is 5.86. The first-order chi connectivity index (χ1) is 14.6. The van der Waals surface area contributed by atoms with Crippen molar-refractivity contribution < 1.29 is 37.0 Å². The van der Waals surface area contributed by atoms with Crippen LogP contribution in [0.15, 0.2) is 35.2 Å². The zero-order valence-corrected chi connectivity index (χ0v) is 17.6. The van der Waals surface area contributed by atoms with E-state index in [0.29, 0.717) is 0 Å². The van der Waals surface area contributed by atoms with Gasteiger partial charge in [-0.25, -0.2) is 13.6 Å². The van der Waals surface area contributed by atoms with Gasteiger partial charge in [0.15, 0.2) is 11.5 Å². The van der Waals surface area contributed by atoms with Crippen LogP contribution in [0.4, 0.5) is 11.4 Å². The van der Waals surface area contributed by atoms with Crippen molar-refractivity contribution in [2.45, 2.75) is 4.90 Å². The van der Waals surface area contributed by atoms with E-state index in [4.69, 9.17) is 19.3 Å². The predicted molar refractivity (Wildman–Crippen MR) is 109 cm³/mol. The highest BCUT2D eigenvalue weighted by Gasteiger charge is 2.42. The predicted octanol–water partition coefficient (Wildman–Crippen LogP) is 0.528. The minimum absolute atomic E-state index is 0.0247. The van der Waals surface area contributed by atoms with Crippen molar-refractivity contribution in [3.05, 3.63) is 35.9 Å². The third kappa shape index (κ3) is 4.02. The lowest BCUT2D eigenvalue weighted by Crippen LogP contribution is -2.37. The zero-order chi connectivity index (χ0) is 22.9. The Morgan fingerprint density at radius 3 is 2.16 bits per heavy atom. The number of carbonyl (C=O) groups is 3. The van der Waals surface area contributed by atoms with Gasteiger partial charge in [0.05, 0.1) is 37.5 Å². The summed E-state index contributed by atoms with van der Waals surface area (Å²) in [7, 11) is 0.187. The Bertz CT molecular complexity index is 1180. The van der Waals surface area contributed by atoms with E-state index in [1.165, 1.54) is 51.7 Å². The van der Waals surface area contributed by atoms with Crippen molar-refractivity contribution in [2.75, 3.05) is 38.1 Å². The van der Waals surface area contributed by atoms with Gasteiger partial charge in [0, 0.05) is 11.8 Å². The van der Waals surface area contributed by atoms with Crippen LogP contribution in [-0.2, 0) is 19.6 Å². The molecule has 0 atom stereocenters. The molecule has 0 saturated carbocycles. The molecule has 1 aliphatic rings. The number of methoxy groups -OCH3 is 3. The first kappa shape index (κ1) is 22.1. The van der Waals surface area contributed by atoms with Gasteiger partial charge >= 0.3 is 0 Å². The van der Waals surface area contributed by atoms with Crippen LogP contribution in [0.3, 0.4) is 0 Å². The number of nitrogens with one attached hydrogen (secondary N) is 1. The van der Waals surface area contributed by atoms with Gasteiger partial charge in [-0.15, -0.1) is 0 Å². The maximum absolute atomic E-state index is 12.6. The summed E-state index contributed by atoms with van der Waals surface area (Å²) in [6.45, 7) is -0.479. The molecule has 0 saturated heterocycles. The molecule has 0 aliphatic carbocycles. The van der Waals surface area contributed by atoms with Gasteiger partial charge in [-0.05, 0) is 24.3 Å². The second-order valence-electron chi connectivity index (χ2n) is 6.38. The lowest BCUT2D eigenvalue weighted by molar-refractivity contribution is -0.118. The molecule has 1 aliphatic heterocycles. The summed E-state index contributed by atoms with van der Waals surface area (Å²) in [4.78, 5) is 38.5. The van der Waals surface area contributed by atoms with E-state index in [0.717, 1.165) is 4.90 Å². The Balaban J connectivity index is 1.89. The number of nitrogens with two attached hydrogens (primary N) is 1. The van der Waals surface area contributed by atoms with E-state index in [1.54, 1.807) is 0 Å². The van der Waals surface area contributed by atoms with Gasteiger partial charge in [0.1, 0.15) is 6.54 Å². The summed E-state index contributed by atoms with van der Waals surface area (Å²) in [5.41, 5.74) is 0.389. The second-order valence-corrected chi connectivity index (χ2v) is 7.94. The molecule has 2 aromatic carbocycles. The number of benzene rings is 2. The number of carbonyl (C=O) groups excluding carboxylic acids is 3. The first-order valence-corrected chi connectivity index (χ1v) is 10.3. The molecule has 0 bridgehead atoms. The molecular formula is C19H19N3O8S. The fourth-order valence-corrected chi connectivity index (χ4v) is 3.66. The van der Waals surface area contributed by atoms with Crippen LogP contribution in [0.2, 0.25) is 0 Å². The number of ether oxygens (including phenoxy) is 3. The van der Waals surface area contributed by atoms with Crippen LogP contribution in [0, 0.1) is 0 Å². The summed E-state index contributed by atoms with van der Waals surface area (Å²) >= 11 is 0. The van der Waals surface area contributed by atoms with E-state index < -0.39 is 34.2 Å². The van der Waals surface area contributed by atoms with Gasteiger partial charge in [-0.1, -0.05) is 0 Å². The lowest BCUT2D eigenvalue weighted by atomic mass is 10.1. The lowest BCUT2D eigenvalue weighted by Gasteiger charge is -2.19. The number of nitrogens with zero attached hydrogens (tertiary/aromatic N) is 1. The Morgan fingerprint density at radius 2 is 1.65 bits per heavy atom. The Hall–Kier alpha value is -3.64. The minimum Gasteiger partial charge on any atom is -0.493 e. The molecule has 0 unspecified atom stereocenters. The van der Waals surface area contributed by atoms with Crippen LogP contribution in [0.1, 0.15) is 10.4 Å². The van der Waals surface area contributed by atoms with Gasteiger partial charge in [0.25, 0.3) is 11.7 Å². The normalized spacial score (nSPS) is 13.1. The average molecular weight is 449 g/mol. The smallest absolute Gasteiger partial charge is 0.300 e. The average Bonchev–Trinajstić information content (AvgIpc) is 2.96. The van der Waals surface area contributed by atoms with E-state index in [9.17, 15) is 22.8 Å². The van der Waals surface area contributed by atoms with E-state index >= 15 is 0 Å². The largest absolute Gasteiger partial charge is 0.493 e. The van der Waals surface area contributed by atoms with Crippen LogP contribution in [-0.4, -0.2) is 53.9 Å². The fourth-order valence-electron chi connectivity index (χ4n) is 3.14. The number of anilines is 2. The van der Waals surface area contributed by atoms with E-state index in [2.05, 4.69) is 5.32 Å². The number of hydrogen-bond acceptors (Lipinski definition) is 8. The monoisotopic (exact) mass is 449 g/mol. The summed E-state index contributed by atoms with van der Waals surface area (Å²) in [5.74, 6) is -2.00. The molecule has 164 valence electrons. The molecule has 3 rings (SSSR count). The number of ketones is 1. The third-order valence-electron chi connectivity index (χ3n) is 4.53. The van der Waals surface area contributed by atoms with Gasteiger partial charge in [-0.3, -0.25) is 19.3 Å². The topological polar surface area (TPSA) is 154 Å². The molecule has 11 nitrogen and oxygen atoms in total. The molecule has 0 aromatic heterocycles. The summed E-state index contributed by atoms with van der Waals surface area (Å²) in [5, 5.41) is 7.56. The second kappa shape index (κ2) is 8.24. The number of sulfonamides is 1. The molecule has 31 heavy (non-hydrogen) atoms. The highest BCUT2D eigenvalue weighted by molar-refractivity contribution is 7.89. The van der Waals surface area contributed by atoms with Crippen LogP contribution >= 0.6 is 0 Å². The summed E-state index contributed by atoms with van der Waals surface area (Å²) < 4.78 is 38.4. The molecule has 0 fully saturated rings. The van der Waals surface area contributed by atoms with Crippen molar-refractivity contribution in [3.63, 3.8) is 0 Å². The molecule has 2 amide bonds. The molecule has 2 aromatic rings. The SMILES string of the molecule is COc1cc2c(c(OC)c1OC)C(=O)C(=O)N2CC(=O)Nc1ccc(S(N)(=O)=O)cc1. The van der Waals surface area contributed by atoms with Crippen molar-refractivity contribution in [1.82, 2.24) is 0 Å². The minimum atomic E-state index is -3.87. The summed E-state index contributed by atoms with van der Waals surface area (Å²) in [6.07, 6.45) is 0. The molecule has 3 N–H and O–H groups in total. The fraction of sp³-hybridized carbons (Fsp3) is 0.211. The molecule has 0 spiro atoms. The zero-order valence-electron chi connectivity index (χ0n) is 16.8. The third-order valence-corrected chi connectivity index (χ3v) is 5.46. The van der Waals surface area contributed by atoms with Crippen LogP contribution in [0.5, 0.6) is 17.2 Å². The number of hydrogen-bond donors (Lipinski definition) is 2. The first-order valence-electron chi connectivity index (χ1n) is 8.74. The number of Topliss-reactive ketones (excluding diaryl/α,β-unsaturated/α-hetero) is 1. The molecule has 0 radical (unpaired) electrons. The van der Waals surface area contributed by atoms with E-state index in [-0.39, 0.29) is 39.1 Å². The van der Waals surface area contributed by atoms with Crippen LogP contribution < -0.4 is 29.6 Å². The van der Waals surface area contributed by atoms with Gasteiger partial charge in [0.2, 0.25) is 21.7 Å². The maximum Gasteiger partial charge on any atom is 0.300 e.